The molecule has 0 saturated heterocycles. The third-order valence-electron chi connectivity index (χ3n) is 2.48. The van der Waals surface area contributed by atoms with Crippen LogP contribution in [0.25, 0.3) is 0 Å². The fraction of sp³-hybridized carbons (Fsp3) is 0.615. The van der Waals surface area contributed by atoms with Gasteiger partial charge in [0.05, 0.1) is 0 Å². The van der Waals surface area contributed by atoms with Crippen LogP contribution in [0.1, 0.15) is 30.2 Å². The van der Waals surface area contributed by atoms with Crippen LogP contribution in [0.4, 0.5) is 0 Å². The third kappa shape index (κ3) is 4.79. The average molecular weight is 250 g/mol. The van der Waals surface area contributed by atoms with E-state index in [-0.39, 0.29) is 11.3 Å². The fourth-order valence-corrected chi connectivity index (χ4v) is 1.90. The van der Waals surface area contributed by atoms with E-state index < -0.39 is 0 Å². The van der Waals surface area contributed by atoms with Crippen molar-refractivity contribution < 1.29 is 4.79 Å². The van der Waals surface area contributed by atoms with Crippen LogP contribution in [0.2, 0.25) is 0 Å². The molecule has 1 rings (SSSR count). The molecular formula is C13H22N4O. The summed E-state index contributed by atoms with van der Waals surface area (Å²) in [5.41, 5.74) is 0.449. The Labute approximate surface area is 109 Å². The first-order valence-corrected chi connectivity index (χ1v) is 6.03. The van der Waals surface area contributed by atoms with Crippen molar-refractivity contribution in [2.24, 2.45) is 5.41 Å². The Morgan fingerprint density at radius 3 is 2.67 bits per heavy atom. The Morgan fingerprint density at radius 2 is 2.11 bits per heavy atom. The van der Waals surface area contributed by atoms with Crippen molar-refractivity contribution in [1.82, 2.24) is 20.2 Å². The van der Waals surface area contributed by atoms with E-state index in [9.17, 15) is 4.79 Å². The molecule has 0 atom stereocenters. The SMILES string of the molecule is Cc1nccc(C(=O)NCC(C)(C)CN(C)C)n1. The minimum absolute atomic E-state index is 0.0290. The molecule has 0 saturated carbocycles. The Kier molecular flexibility index (Phi) is 4.78. The van der Waals surface area contributed by atoms with Crippen LogP contribution in [0.5, 0.6) is 0 Å². The van der Waals surface area contributed by atoms with Gasteiger partial charge in [0.1, 0.15) is 11.5 Å². The largest absolute Gasteiger partial charge is 0.350 e. The first-order valence-electron chi connectivity index (χ1n) is 6.03. The predicted octanol–water partition coefficient (Wildman–Crippen LogP) is 1.10. The number of hydrogen-bond donors (Lipinski definition) is 1. The van der Waals surface area contributed by atoms with E-state index in [0.717, 1.165) is 6.54 Å². The van der Waals surface area contributed by atoms with Crippen molar-refractivity contribution in [2.45, 2.75) is 20.8 Å². The minimum atomic E-state index is -0.146. The number of carbonyl (C=O) groups excluding carboxylic acids is 1. The molecule has 0 aromatic carbocycles. The summed E-state index contributed by atoms with van der Waals surface area (Å²) in [5.74, 6) is 0.461. The smallest absolute Gasteiger partial charge is 0.270 e. The molecule has 1 aromatic rings. The number of rotatable bonds is 5. The summed E-state index contributed by atoms with van der Waals surface area (Å²) in [7, 11) is 4.05. The molecule has 100 valence electrons. The Bertz CT molecular complexity index is 415. The summed E-state index contributed by atoms with van der Waals surface area (Å²) >= 11 is 0. The van der Waals surface area contributed by atoms with Gasteiger partial charge in [-0.15, -0.1) is 0 Å². The highest BCUT2D eigenvalue weighted by molar-refractivity contribution is 5.92. The number of carbonyl (C=O) groups is 1. The van der Waals surface area contributed by atoms with Crippen molar-refractivity contribution in [3.05, 3.63) is 23.8 Å². The molecule has 0 radical (unpaired) electrons. The molecule has 1 N–H and O–H groups in total. The molecule has 0 aliphatic rings. The second-order valence-corrected chi connectivity index (χ2v) is 5.57. The van der Waals surface area contributed by atoms with Gasteiger partial charge in [-0.3, -0.25) is 4.79 Å². The molecule has 18 heavy (non-hydrogen) atoms. The highest BCUT2D eigenvalue weighted by Crippen LogP contribution is 2.14. The topological polar surface area (TPSA) is 58.1 Å². The molecule has 1 heterocycles. The Hall–Kier alpha value is -1.49. The van der Waals surface area contributed by atoms with E-state index in [1.165, 1.54) is 0 Å². The van der Waals surface area contributed by atoms with Gasteiger partial charge in [-0.2, -0.15) is 0 Å². The lowest BCUT2D eigenvalue weighted by Crippen LogP contribution is -2.40. The van der Waals surface area contributed by atoms with Gasteiger partial charge in [-0.1, -0.05) is 13.8 Å². The van der Waals surface area contributed by atoms with Crippen LogP contribution in [0, 0.1) is 12.3 Å². The second-order valence-electron chi connectivity index (χ2n) is 5.57. The lowest BCUT2D eigenvalue weighted by molar-refractivity contribution is 0.0924. The first kappa shape index (κ1) is 14.6. The average Bonchev–Trinajstić information content (AvgIpc) is 2.24. The van der Waals surface area contributed by atoms with Gasteiger partial charge in [0.25, 0.3) is 5.91 Å². The highest BCUT2D eigenvalue weighted by Gasteiger charge is 2.20. The number of amides is 1. The Morgan fingerprint density at radius 1 is 1.44 bits per heavy atom. The summed E-state index contributed by atoms with van der Waals surface area (Å²) in [5, 5.41) is 2.92. The van der Waals surface area contributed by atoms with Gasteiger partial charge in [0.2, 0.25) is 0 Å². The second kappa shape index (κ2) is 5.91. The molecule has 0 unspecified atom stereocenters. The van der Waals surface area contributed by atoms with E-state index in [0.29, 0.717) is 18.1 Å². The standard InChI is InChI=1S/C13H22N4O/c1-10-14-7-6-11(16-10)12(18)15-8-13(2,3)9-17(4)5/h6-7H,8-9H2,1-5H3,(H,15,18). The predicted molar refractivity (Wildman–Crippen MR) is 71.4 cm³/mol. The molecule has 0 aliphatic heterocycles. The van der Waals surface area contributed by atoms with Crippen LogP contribution in [0.15, 0.2) is 12.3 Å². The van der Waals surface area contributed by atoms with Crippen molar-refractivity contribution >= 4 is 5.91 Å². The quantitative estimate of drug-likeness (QED) is 0.850. The number of aromatic nitrogens is 2. The van der Waals surface area contributed by atoms with E-state index >= 15 is 0 Å². The molecule has 0 fully saturated rings. The van der Waals surface area contributed by atoms with Crippen molar-refractivity contribution in [3.8, 4) is 0 Å². The molecule has 1 aromatic heterocycles. The summed E-state index contributed by atoms with van der Waals surface area (Å²) < 4.78 is 0. The zero-order valence-electron chi connectivity index (χ0n) is 11.8. The van der Waals surface area contributed by atoms with Gasteiger partial charge >= 0.3 is 0 Å². The van der Waals surface area contributed by atoms with Gasteiger partial charge in [-0.25, -0.2) is 9.97 Å². The maximum absolute atomic E-state index is 11.9. The van der Waals surface area contributed by atoms with Crippen molar-refractivity contribution in [2.75, 3.05) is 27.2 Å². The van der Waals surface area contributed by atoms with E-state index in [4.69, 9.17) is 0 Å². The highest BCUT2D eigenvalue weighted by atomic mass is 16.1. The lowest BCUT2D eigenvalue weighted by atomic mass is 9.93. The monoisotopic (exact) mass is 250 g/mol. The fourth-order valence-electron chi connectivity index (χ4n) is 1.90. The van der Waals surface area contributed by atoms with Crippen molar-refractivity contribution in [1.29, 1.82) is 0 Å². The summed E-state index contributed by atoms with van der Waals surface area (Å²) in [6, 6.07) is 1.63. The lowest BCUT2D eigenvalue weighted by Gasteiger charge is -2.28. The third-order valence-corrected chi connectivity index (χ3v) is 2.48. The molecule has 5 heteroatoms. The minimum Gasteiger partial charge on any atom is -0.350 e. The Balaban J connectivity index is 2.56. The van der Waals surface area contributed by atoms with Crippen LogP contribution in [-0.2, 0) is 0 Å². The van der Waals surface area contributed by atoms with E-state index in [2.05, 4.69) is 34.0 Å². The normalized spacial score (nSPS) is 11.7. The zero-order chi connectivity index (χ0) is 13.8. The molecule has 0 spiro atoms. The summed E-state index contributed by atoms with van der Waals surface area (Å²) in [4.78, 5) is 22.1. The van der Waals surface area contributed by atoms with Gasteiger partial charge < -0.3 is 10.2 Å². The van der Waals surface area contributed by atoms with E-state index in [1.54, 1.807) is 19.2 Å². The number of hydrogen-bond acceptors (Lipinski definition) is 4. The number of aryl methyl sites for hydroxylation is 1. The van der Waals surface area contributed by atoms with Crippen LogP contribution in [-0.4, -0.2) is 48.0 Å². The van der Waals surface area contributed by atoms with Gasteiger partial charge in [0.15, 0.2) is 0 Å². The number of nitrogens with zero attached hydrogens (tertiary/aromatic N) is 3. The maximum atomic E-state index is 11.9. The first-order chi connectivity index (χ1) is 8.30. The zero-order valence-corrected chi connectivity index (χ0v) is 11.8. The van der Waals surface area contributed by atoms with Crippen LogP contribution >= 0.6 is 0 Å². The molecule has 0 bridgehead atoms. The summed E-state index contributed by atoms with van der Waals surface area (Å²) in [6.07, 6.45) is 1.60. The summed E-state index contributed by atoms with van der Waals surface area (Å²) in [6.45, 7) is 7.55. The van der Waals surface area contributed by atoms with Gasteiger partial charge in [0, 0.05) is 19.3 Å². The van der Waals surface area contributed by atoms with E-state index in [1.807, 2.05) is 14.1 Å². The van der Waals surface area contributed by atoms with Crippen molar-refractivity contribution in [3.63, 3.8) is 0 Å². The molecule has 1 amide bonds. The van der Waals surface area contributed by atoms with Crippen LogP contribution in [0.3, 0.4) is 0 Å². The molecule has 5 nitrogen and oxygen atoms in total. The van der Waals surface area contributed by atoms with Crippen LogP contribution < -0.4 is 5.32 Å². The molecule has 0 aliphatic carbocycles. The van der Waals surface area contributed by atoms with Gasteiger partial charge in [-0.05, 0) is 32.5 Å². The molecular weight excluding hydrogens is 228 g/mol. The maximum Gasteiger partial charge on any atom is 0.270 e. The number of nitrogens with one attached hydrogen (secondary N) is 1.